The van der Waals surface area contributed by atoms with Gasteiger partial charge >= 0.3 is 0 Å². The highest BCUT2D eigenvalue weighted by Gasteiger charge is 2.44. The molecule has 3 heteroatoms. The first kappa shape index (κ1) is 9.82. The molecule has 2 aliphatic rings. The van der Waals surface area contributed by atoms with Gasteiger partial charge in [0.1, 0.15) is 6.29 Å². The molecule has 1 aromatic heterocycles. The summed E-state index contributed by atoms with van der Waals surface area (Å²) in [5, 5.41) is 7.13. The molecule has 1 N–H and O–H groups in total. The highest BCUT2D eigenvalue weighted by atomic mass is 16.1. The third kappa shape index (κ3) is 1.20. The molecule has 0 saturated heterocycles. The van der Waals surface area contributed by atoms with Gasteiger partial charge in [-0.25, -0.2) is 0 Å². The summed E-state index contributed by atoms with van der Waals surface area (Å²) in [6.45, 7) is 2.30. The number of aromatic amines is 1. The summed E-state index contributed by atoms with van der Waals surface area (Å²) >= 11 is 0. The van der Waals surface area contributed by atoms with E-state index in [0.29, 0.717) is 12.3 Å². The van der Waals surface area contributed by atoms with E-state index in [0.717, 1.165) is 25.5 Å². The fourth-order valence-corrected chi connectivity index (χ4v) is 3.34. The van der Waals surface area contributed by atoms with Crippen LogP contribution in [0.25, 0.3) is 6.08 Å². The zero-order chi connectivity index (χ0) is 11.2. The molecule has 0 aromatic carbocycles. The lowest BCUT2D eigenvalue weighted by Gasteiger charge is -2.34. The predicted molar refractivity (Wildman–Crippen MR) is 61.8 cm³/mol. The minimum absolute atomic E-state index is 0.192. The summed E-state index contributed by atoms with van der Waals surface area (Å²) in [6.07, 6.45) is 9.25. The number of hydrogen-bond acceptors (Lipinski definition) is 2. The Balaban J connectivity index is 2.01. The topological polar surface area (TPSA) is 45.8 Å². The average molecular weight is 216 g/mol. The van der Waals surface area contributed by atoms with E-state index >= 15 is 0 Å². The van der Waals surface area contributed by atoms with Gasteiger partial charge in [0.05, 0.1) is 11.9 Å². The Kier molecular flexibility index (Phi) is 2.03. The van der Waals surface area contributed by atoms with Crippen LogP contribution in [0.5, 0.6) is 0 Å². The molecule has 1 aromatic rings. The van der Waals surface area contributed by atoms with E-state index in [-0.39, 0.29) is 5.41 Å². The molecule has 0 spiro atoms. The van der Waals surface area contributed by atoms with E-state index in [4.69, 9.17) is 0 Å². The number of aldehydes is 1. The van der Waals surface area contributed by atoms with Crippen molar-refractivity contribution in [1.82, 2.24) is 10.2 Å². The van der Waals surface area contributed by atoms with E-state index in [2.05, 4.69) is 23.2 Å². The SMILES string of the molecule is C[C@]12Cc3cn[nH]c3C=C1CC[C@@H]2CC=O. The van der Waals surface area contributed by atoms with Gasteiger partial charge in [-0.3, -0.25) is 5.10 Å². The van der Waals surface area contributed by atoms with Crippen LogP contribution in [0.1, 0.15) is 37.4 Å². The largest absolute Gasteiger partial charge is 0.303 e. The fraction of sp³-hybridized carbons (Fsp3) is 0.538. The number of hydrogen-bond donors (Lipinski definition) is 1. The van der Waals surface area contributed by atoms with Crippen molar-refractivity contribution in [2.24, 2.45) is 11.3 Å². The second kappa shape index (κ2) is 3.30. The lowest BCUT2D eigenvalue weighted by atomic mass is 9.69. The standard InChI is InChI=1S/C13H16N2O/c1-13-7-9-8-14-15-12(9)6-11(13)3-2-10(13)4-5-16/h5-6,8,10H,2-4,7H2,1H3,(H,14,15)/t10-,13-/m1/s1. The number of nitrogens with zero attached hydrogens (tertiary/aromatic N) is 1. The molecule has 0 unspecified atom stereocenters. The van der Waals surface area contributed by atoms with Crippen molar-refractivity contribution in [3.8, 4) is 0 Å². The molecule has 1 fully saturated rings. The zero-order valence-electron chi connectivity index (χ0n) is 9.49. The van der Waals surface area contributed by atoms with E-state index in [1.807, 2.05) is 6.20 Å². The molecular weight excluding hydrogens is 200 g/mol. The molecule has 2 atom stereocenters. The van der Waals surface area contributed by atoms with Gasteiger partial charge in [-0.15, -0.1) is 0 Å². The van der Waals surface area contributed by atoms with Gasteiger partial charge in [0.2, 0.25) is 0 Å². The monoisotopic (exact) mass is 216 g/mol. The van der Waals surface area contributed by atoms with Crippen LogP contribution in [0, 0.1) is 11.3 Å². The van der Waals surface area contributed by atoms with Crippen molar-refractivity contribution in [3.63, 3.8) is 0 Å². The number of carbonyl (C=O) groups is 1. The van der Waals surface area contributed by atoms with Crippen molar-refractivity contribution in [2.75, 3.05) is 0 Å². The fourth-order valence-electron chi connectivity index (χ4n) is 3.34. The molecule has 3 nitrogen and oxygen atoms in total. The number of aromatic nitrogens is 2. The summed E-state index contributed by atoms with van der Waals surface area (Å²) in [5.74, 6) is 0.513. The van der Waals surface area contributed by atoms with Crippen LogP contribution in [0.15, 0.2) is 11.8 Å². The first-order chi connectivity index (χ1) is 7.74. The summed E-state index contributed by atoms with van der Waals surface area (Å²) in [5.41, 5.74) is 4.15. The van der Waals surface area contributed by atoms with Crippen molar-refractivity contribution >= 4 is 12.4 Å². The maximum Gasteiger partial charge on any atom is 0.120 e. The Morgan fingerprint density at radius 3 is 3.38 bits per heavy atom. The van der Waals surface area contributed by atoms with E-state index in [9.17, 15) is 4.79 Å². The third-order valence-electron chi connectivity index (χ3n) is 4.41. The number of allylic oxidation sites excluding steroid dienone is 1. The first-order valence-corrected chi connectivity index (χ1v) is 5.91. The van der Waals surface area contributed by atoms with Gasteiger partial charge in [-0.2, -0.15) is 5.10 Å². The Labute approximate surface area is 94.9 Å². The molecular formula is C13H16N2O. The molecule has 0 bridgehead atoms. The van der Waals surface area contributed by atoms with Gasteiger partial charge in [0.25, 0.3) is 0 Å². The molecule has 16 heavy (non-hydrogen) atoms. The second-order valence-electron chi connectivity index (χ2n) is 5.21. The average Bonchev–Trinajstić information content (AvgIpc) is 2.80. The normalized spacial score (nSPS) is 31.8. The number of carbonyl (C=O) groups excluding carboxylic acids is 1. The molecule has 2 aliphatic carbocycles. The molecule has 1 saturated carbocycles. The van der Waals surface area contributed by atoms with Gasteiger partial charge in [0.15, 0.2) is 0 Å². The van der Waals surface area contributed by atoms with Crippen molar-refractivity contribution in [3.05, 3.63) is 23.0 Å². The quantitative estimate of drug-likeness (QED) is 0.771. The van der Waals surface area contributed by atoms with Crippen LogP contribution in [-0.4, -0.2) is 16.5 Å². The van der Waals surface area contributed by atoms with Crippen molar-refractivity contribution < 1.29 is 4.79 Å². The third-order valence-corrected chi connectivity index (χ3v) is 4.41. The zero-order valence-corrected chi connectivity index (χ0v) is 9.49. The summed E-state index contributed by atoms with van der Waals surface area (Å²) in [4.78, 5) is 10.7. The smallest absolute Gasteiger partial charge is 0.120 e. The molecule has 0 amide bonds. The minimum Gasteiger partial charge on any atom is -0.303 e. The summed E-state index contributed by atoms with van der Waals surface area (Å²) < 4.78 is 0. The Morgan fingerprint density at radius 1 is 1.69 bits per heavy atom. The van der Waals surface area contributed by atoms with E-state index < -0.39 is 0 Å². The van der Waals surface area contributed by atoms with E-state index in [1.54, 1.807) is 0 Å². The number of fused-ring (bicyclic) bond motifs is 2. The number of rotatable bonds is 2. The maximum absolute atomic E-state index is 10.7. The highest BCUT2D eigenvalue weighted by Crippen LogP contribution is 2.53. The number of nitrogens with one attached hydrogen (secondary N) is 1. The first-order valence-electron chi connectivity index (χ1n) is 5.91. The summed E-state index contributed by atoms with van der Waals surface area (Å²) in [7, 11) is 0. The Hall–Kier alpha value is -1.38. The molecule has 3 rings (SSSR count). The van der Waals surface area contributed by atoms with Gasteiger partial charge in [-0.1, -0.05) is 12.5 Å². The lowest BCUT2D eigenvalue weighted by molar-refractivity contribution is -0.109. The minimum atomic E-state index is 0.192. The van der Waals surface area contributed by atoms with Gasteiger partial charge in [0, 0.05) is 6.42 Å². The number of H-pyrrole nitrogens is 1. The van der Waals surface area contributed by atoms with Crippen molar-refractivity contribution in [1.29, 1.82) is 0 Å². The van der Waals surface area contributed by atoms with Gasteiger partial charge < -0.3 is 4.79 Å². The van der Waals surface area contributed by atoms with Crippen LogP contribution in [0.4, 0.5) is 0 Å². The van der Waals surface area contributed by atoms with Crippen LogP contribution in [0.2, 0.25) is 0 Å². The predicted octanol–water partition coefficient (Wildman–Crippen LogP) is 2.35. The molecule has 84 valence electrons. The van der Waals surface area contributed by atoms with Crippen LogP contribution >= 0.6 is 0 Å². The second-order valence-corrected chi connectivity index (χ2v) is 5.21. The van der Waals surface area contributed by atoms with Gasteiger partial charge in [-0.05, 0) is 42.2 Å². The van der Waals surface area contributed by atoms with Crippen molar-refractivity contribution in [2.45, 2.75) is 32.6 Å². The maximum atomic E-state index is 10.7. The van der Waals surface area contributed by atoms with E-state index in [1.165, 1.54) is 16.8 Å². The van der Waals surface area contributed by atoms with Crippen LogP contribution in [0.3, 0.4) is 0 Å². The summed E-state index contributed by atoms with van der Waals surface area (Å²) in [6, 6.07) is 0. The Morgan fingerprint density at radius 2 is 2.56 bits per heavy atom. The molecule has 0 aliphatic heterocycles. The van der Waals surface area contributed by atoms with Crippen LogP contribution in [-0.2, 0) is 11.2 Å². The molecule has 0 radical (unpaired) electrons. The lowest BCUT2D eigenvalue weighted by Crippen LogP contribution is -2.28. The Bertz CT molecular complexity index is 460. The molecule has 1 heterocycles. The van der Waals surface area contributed by atoms with Crippen LogP contribution < -0.4 is 0 Å². The highest BCUT2D eigenvalue weighted by molar-refractivity contribution is 5.60.